The van der Waals surface area contributed by atoms with Crippen molar-refractivity contribution in [1.82, 2.24) is 0 Å². The third kappa shape index (κ3) is 31.2. The van der Waals surface area contributed by atoms with Crippen LogP contribution < -0.4 is 33.2 Å². The van der Waals surface area contributed by atoms with Crippen molar-refractivity contribution in [1.29, 1.82) is 0 Å². The van der Waals surface area contributed by atoms with Crippen LogP contribution in [0.3, 0.4) is 0 Å². The van der Waals surface area contributed by atoms with Gasteiger partial charge in [-0.2, -0.15) is 0 Å². The van der Waals surface area contributed by atoms with Crippen molar-refractivity contribution in [2.24, 2.45) is 0 Å². The third-order valence-electron chi connectivity index (χ3n) is 0. The summed E-state index contributed by atoms with van der Waals surface area (Å²) in [7, 11) is 0. The summed E-state index contributed by atoms with van der Waals surface area (Å²) in [5, 5.41) is 0. The van der Waals surface area contributed by atoms with Gasteiger partial charge in [0.25, 0.3) is 0 Å². The summed E-state index contributed by atoms with van der Waals surface area (Å²) in [6.45, 7) is 0. The van der Waals surface area contributed by atoms with Crippen molar-refractivity contribution < 1.29 is 58.9 Å². The van der Waals surface area contributed by atoms with Gasteiger partial charge in [-0.1, -0.05) is 0 Å². The van der Waals surface area contributed by atoms with E-state index in [2.05, 4.69) is 0 Å². The van der Waals surface area contributed by atoms with Crippen LogP contribution in [0.5, 0.6) is 0 Å². The second-order valence-electron chi connectivity index (χ2n) is 0.266. The normalized spacial score (nSPS) is 5.20. The molecule has 0 aliphatic carbocycles. The van der Waals surface area contributed by atoms with Gasteiger partial charge >= 0.3 is 58.9 Å². The van der Waals surface area contributed by atoms with E-state index in [1.807, 2.05) is 0 Å². The summed E-state index contributed by atoms with van der Waals surface area (Å²) in [4.78, 5) is 0. The van der Waals surface area contributed by atoms with Crippen LogP contribution in [-0.4, -0.2) is 3.69 Å². The molecule has 5 heavy (non-hydrogen) atoms. The van der Waals surface area contributed by atoms with Gasteiger partial charge in [-0.3, -0.25) is 0 Å². The van der Waals surface area contributed by atoms with Crippen molar-refractivity contribution in [3.63, 3.8) is 0 Å². The first-order valence-electron chi connectivity index (χ1n) is 0.632. The van der Waals surface area contributed by atoms with Gasteiger partial charge < -0.3 is 0 Å². The minimum atomic E-state index is -3.83. The summed E-state index contributed by atoms with van der Waals surface area (Å²) in [5.41, 5.74) is 0. The van der Waals surface area contributed by atoms with Crippen molar-refractivity contribution in [2.75, 3.05) is 0 Å². The fraction of sp³-hybridized carbons (Fsp3) is 0. The molecule has 0 amide bonds. The molecule has 0 aromatic heterocycles. The summed E-state index contributed by atoms with van der Waals surface area (Å²) in [6, 6.07) is 0. The van der Waals surface area contributed by atoms with Crippen molar-refractivity contribution in [2.45, 2.75) is 0 Å². The van der Waals surface area contributed by atoms with Crippen molar-refractivity contribution in [3.8, 4) is 0 Å². The molecular weight excluding hydrogens is 119 g/mol. The number of hydrogen-bond donors (Lipinski definition) is 1. The predicted molar refractivity (Wildman–Crippen MR) is 2.91 cm³/mol. The van der Waals surface area contributed by atoms with Crippen molar-refractivity contribution in [3.05, 3.63) is 0 Å². The van der Waals surface area contributed by atoms with Gasteiger partial charge in [0.05, 0.1) is 0 Å². The molecule has 0 atom stereocenters. The Hall–Kier alpha value is 1.43. The molecule has 1 N–H and O–H groups in total. The van der Waals surface area contributed by atoms with E-state index < -0.39 is 18.6 Å². The Morgan fingerprint density at radius 1 is 1.80 bits per heavy atom. The molecule has 0 heterocycles. The Morgan fingerprint density at radius 2 is 1.80 bits per heavy atom. The van der Waals surface area contributed by atoms with Crippen LogP contribution in [0.15, 0.2) is 0 Å². The van der Waals surface area contributed by atoms with Gasteiger partial charge in [-0.05, 0) is 0 Å². The molecular formula is HNaO3Ti. The molecule has 0 aliphatic heterocycles. The van der Waals surface area contributed by atoms with Crippen LogP contribution in [0, 0.1) is 0 Å². The number of rotatable bonds is 0. The first-order chi connectivity index (χ1) is 1.73. The van der Waals surface area contributed by atoms with Crippen LogP contribution in [0.2, 0.25) is 0 Å². The van der Waals surface area contributed by atoms with E-state index in [1.54, 1.807) is 0 Å². The average Bonchev–Trinajstić information content (AvgIpc) is 0.811. The zero-order valence-electron chi connectivity index (χ0n) is 2.76. The average molecular weight is 120 g/mol. The maximum absolute atomic E-state index is 8.69. The summed E-state index contributed by atoms with van der Waals surface area (Å²) in [6.07, 6.45) is 0. The predicted octanol–water partition coefficient (Wildman–Crippen LogP) is -4.86. The first-order valence-corrected chi connectivity index (χ1v) is 2.61. The zero-order valence-corrected chi connectivity index (χ0v) is 6.33. The number of hydrogen-bond acceptors (Lipinski definition) is 2. The van der Waals surface area contributed by atoms with E-state index in [0.717, 1.165) is 0 Å². The molecule has 0 saturated carbocycles. The van der Waals surface area contributed by atoms with Crippen LogP contribution >= 0.6 is 0 Å². The second-order valence-corrected chi connectivity index (χ2v) is 1.10. The molecule has 0 rings (SSSR count). The Kier molecular flexibility index (Phi) is 10.5. The van der Waals surface area contributed by atoms with E-state index >= 15 is 0 Å². The topological polar surface area (TPSA) is 60.4 Å². The fourth-order valence-electron chi connectivity index (χ4n) is 0. The van der Waals surface area contributed by atoms with Crippen molar-refractivity contribution >= 4 is 0 Å². The minimum absolute atomic E-state index is 0. The van der Waals surface area contributed by atoms with Gasteiger partial charge in [0.15, 0.2) is 0 Å². The van der Waals surface area contributed by atoms with Gasteiger partial charge in [0.2, 0.25) is 0 Å². The van der Waals surface area contributed by atoms with Crippen LogP contribution in [0.4, 0.5) is 0 Å². The third-order valence-corrected chi connectivity index (χ3v) is 0. The summed E-state index contributed by atoms with van der Waals surface area (Å²) in [5.74, 6) is 0. The molecule has 24 valence electrons. The SMILES string of the molecule is [Na+].[O]=[Ti]([O-])[OH]. The Labute approximate surface area is 58.4 Å². The molecule has 5 heteroatoms. The van der Waals surface area contributed by atoms with E-state index in [4.69, 9.17) is 10.7 Å². The summed E-state index contributed by atoms with van der Waals surface area (Å²) < 4.78 is 24.5. The molecule has 0 aliphatic rings. The van der Waals surface area contributed by atoms with Gasteiger partial charge in [0.1, 0.15) is 0 Å². The van der Waals surface area contributed by atoms with Crippen LogP contribution in [-0.2, 0) is 21.9 Å². The van der Waals surface area contributed by atoms with E-state index in [0.29, 0.717) is 0 Å². The van der Waals surface area contributed by atoms with E-state index in [9.17, 15) is 0 Å². The second kappa shape index (κ2) is 5.43. The molecule has 0 aromatic carbocycles. The zero-order chi connectivity index (χ0) is 3.58. The van der Waals surface area contributed by atoms with Gasteiger partial charge in [-0.25, -0.2) is 0 Å². The molecule has 0 fully saturated rings. The molecule has 0 bridgehead atoms. The molecule has 0 radical (unpaired) electrons. The monoisotopic (exact) mass is 120 g/mol. The van der Waals surface area contributed by atoms with E-state index in [1.165, 1.54) is 0 Å². The van der Waals surface area contributed by atoms with Crippen LogP contribution in [0.25, 0.3) is 0 Å². The van der Waals surface area contributed by atoms with E-state index in [-0.39, 0.29) is 29.6 Å². The molecule has 0 aromatic rings. The fourth-order valence-corrected chi connectivity index (χ4v) is 0. The molecule has 3 nitrogen and oxygen atoms in total. The quantitative estimate of drug-likeness (QED) is 0.326. The Bertz CT molecular complexity index is 29.9. The van der Waals surface area contributed by atoms with Gasteiger partial charge in [-0.15, -0.1) is 0 Å². The molecule has 0 spiro atoms. The summed E-state index contributed by atoms with van der Waals surface area (Å²) >= 11 is -3.83. The Balaban J connectivity index is 0. The maximum atomic E-state index is 8.69. The first kappa shape index (κ1) is 9.66. The molecule has 0 saturated heterocycles. The van der Waals surface area contributed by atoms with Gasteiger partial charge in [0, 0.05) is 0 Å². The molecule has 0 unspecified atom stereocenters. The van der Waals surface area contributed by atoms with Crippen LogP contribution in [0.1, 0.15) is 0 Å². The standard InChI is InChI=1S/Na.H2O.2O.Ti/h;1H2;;;/q+1;;;-1;+1/p-1. The Morgan fingerprint density at radius 3 is 1.80 bits per heavy atom.